The van der Waals surface area contributed by atoms with Crippen LogP contribution in [-0.2, 0) is 0 Å². The summed E-state index contributed by atoms with van der Waals surface area (Å²) in [6.45, 7) is 1.20. The Hall–Kier alpha value is 0.0500. The van der Waals surface area contributed by atoms with Gasteiger partial charge >= 0.3 is 5.37 Å². The highest BCUT2D eigenvalue weighted by Crippen LogP contribution is 2.14. The van der Waals surface area contributed by atoms with Gasteiger partial charge in [0.25, 0.3) is 0 Å². The molecule has 1 rings (SSSR count). The third-order valence-electron chi connectivity index (χ3n) is 1.09. The minimum atomic E-state index is -0.401. The number of alkyl halides is 1. The monoisotopic (exact) mass is 153 g/mol. The van der Waals surface area contributed by atoms with Gasteiger partial charge in [0.2, 0.25) is 0 Å². The maximum Gasteiger partial charge on any atom is 0.316 e. The molecule has 1 amide bonds. The standard InChI is InChI=1S/C4H5Cl2NO/c5-3-1-7(2-3)4(6)8/h3H,1-2H2. The number of hydrogen-bond donors (Lipinski definition) is 0. The van der Waals surface area contributed by atoms with Gasteiger partial charge in [-0.05, 0) is 11.6 Å². The predicted molar refractivity (Wildman–Crippen MR) is 32.5 cm³/mol. The van der Waals surface area contributed by atoms with Crippen molar-refractivity contribution in [2.75, 3.05) is 13.1 Å². The second kappa shape index (κ2) is 2.11. The van der Waals surface area contributed by atoms with Gasteiger partial charge in [0.15, 0.2) is 0 Å². The van der Waals surface area contributed by atoms with Crippen LogP contribution in [0.25, 0.3) is 0 Å². The molecule has 0 N–H and O–H groups in total. The Bertz CT molecular complexity index is 111. The van der Waals surface area contributed by atoms with Crippen molar-refractivity contribution in [1.29, 1.82) is 0 Å². The van der Waals surface area contributed by atoms with Crippen LogP contribution in [0.4, 0.5) is 4.79 Å². The molecule has 0 spiro atoms. The Morgan fingerprint density at radius 1 is 1.62 bits per heavy atom. The van der Waals surface area contributed by atoms with E-state index >= 15 is 0 Å². The van der Waals surface area contributed by atoms with Crippen molar-refractivity contribution < 1.29 is 4.79 Å². The Labute approximate surface area is 57.4 Å². The summed E-state index contributed by atoms with van der Waals surface area (Å²) in [5, 5.41) is -0.278. The number of carbonyl (C=O) groups is 1. The number of nitrogens with zero attached hydrogens (tertiary/aromatic N) is 1. The summed E-state index contributed by atoms with van der Waals surface area (Å²) in [7, 11) is 0. The maximum absolute atomic E-state index is 10.2. The number of amides is 1. The molecule has 0 aliphatic carbocycles. The van der Waals surface area contributed by atoms with E-state index in [1.165, 1.54) is 4.90 Å². The first-order valence-electron chi connectivity index (χ1n) is 2.28. The zero-order valence-electron chi connectivity index (χ0n) is 4.10. The van der Waals surface area contributed by atoms with Crippen LogP contribution < -0.4 is 0 Å². The first kappa shape index (κ1) is 6.17. The van der Waals surface area contributed by atoms with E-state index in [2.05, 4.69) is 0 Å². The molecule has 0 aromatic heterocycles. The van der Waals surface area contributed by atoms with Crippen molar-refractivity contribution in [3.63, 3.8) is 0 Å². The fourth-order valence-electron chi connectivity index (χ4n) is 0.568. The first-order chi connectivity index (χ1) is 3.70. The van der Waals surface area contributed by atoms with Crippen molar-refractivity contribution >= 4 is 28.6 Å². The van der Waals surface area contributed by atoms with E-state index in [-0.39, 0.29) is 5.38 Å². The lowest BCUT2D eigenvalue weighted by Gasteiger charge is -2.33. The van der Waals surface area contributed by atoms with E-state index in [9.17, 15) is 4.79 Å². The molecule has 1 fully saturated rings. The largest absolute Gasteiger partial charge is 0.326 e. The van der Waals surface area contributed by atoms with E-state index in [1.54, 1.807) is 0 Å². The van der Waals surface area contributed by atoms with E-state index in [0.717, 1.165) is 0 Å². The molecule has 0 atom stereocenters. The second-order valence-electron chi connectivity index (χ2n) is 1.76. The quantitative estimate of drug-likeness (QED) is 0.292. The lowest BCUT2D eigenvalue weighted by molar-refractivity contribution is 0.194. The number of likely N-dealkylation sites (tertiary alicyclic amines) is 1. The van der Waals surface area contributed by atoms with E-state index in [4.69, 9.17) is 23.2 Å². The molecule has 2 nitrogen and oxygen atoms in total. The van der Waals surface area contributed by atoms with Crippen molar-refractivity contribution in [3.8, 4) is 0 Å². The minimum Gasteiger partial charge on any atom is -0.326 e. The smallest absolute Gasteiger partial charge is 0.316 e. The van der Waals surface area contributed by atoms with E-state index in [0.29, 0.717) is 13.1 Å². The highest BCUT2D eigenvalue weighted by Gasteiger charge is 2.27. The summed E-state index contributed by atoms with van der Waals surface area (Å²) < 4.78 is 0. The molecule has 0 bridgehead atoms. The van der Waals surface area contributed by atoms with Gasteiger partial charge in [-0.25, -0.2) is 0 Å². The van der Waals surface area contributed by atoms with Crippen LogP contribution in [0.5, 0.6) is 0 Å². The second-order valence-corrected chi connectivity index (χ2v) is 2.70. The van der Waals surface area contributed by atoms with Gasteiger partial charge in [0, 0.05) is 13.1 Å². The van der Waals surface area contributed by atoms with Gasteiger partial charge in [0.05, 0.1) is 5.38 Å². The van der Waals surface area contributed by atoms with Crippen molar-refractivity contribution in [3.05, 3.63) is 0 Å². The molecule has 0 unspecified atom stereocenters. The molecule has 46 valence electrons. The van der Waals surface area contributed by atoms with Crippen LogP contribution in [0.2, 0.25) is 0 Å². The van der Waals surface area contributed by atoms with Crippen LogP contribution >= 0.6 is 23.2 Å². The van der Waals surface area contributed by atoms with Gasteiger partial charge in [-0.2, -0.15) is 0 Å². The number of rotatable bonds is 0. The fourth-order valence-corrected chi connectivity index (χ4v) is 1.04. The van der Waals surface area contributed by atoms with Gasteiger partial charge in [0.1, 0.15) is 0 Å². The number of carbonyl (C=O) groups excluding carboxylic acids is 1. The Balaban J connectivity index is 2.25. The van der Waals surface area contributed by atoms with Gasteiger partial charge in [-0.1, -0.05) is 0 Å². The number of halogens is 2. The normalized spacial score (nSPS) is 20.5. The zero-order valence-corrected chi connectivity index (χ0v) is 5.61. The summed E-state index contributed by atoms with van der Waals surface area (Å²) in [4.78, 5) is 11.7. The highest BCUT2D eigenvalue weighted by molar-refractivity contribution is 6.63. The molecule has 1 heterocycles. The third-order valence-corrected chi connectivity index (χ3v) is 1.60. The topological polar surface area (TPSA) is 20.3 Å². The molecule has 8 heavy (non-hydrogen) atoms. The molecule has 0 radical (unpaired) electrons. The molecule has 4 heteroatoms. The summed E-state index contributed by atoms with van der Waals surface area (Å²) in [5.74, 6) is 0. The van der Waals surface area contributed by atoms with Crippen LogP contribution in [0.1, 0.15) is 0 Å². The maximum atomic E-state index is 10.2. The predicted octanol–water partition coefficient (Wildman–Crippen LogP) is 1.27. The lowest BCUT2D eigenvalue weighted by atomic mass is 10.2. The van der Waals surface area contributed by atoms with Crippen LogP contribution in [0.15, 0.2) is 0 Å². The summed E-state index contributed by atoms with van der Waals surface area (Å²) >= 11 is 10.6. The van der Waals surface area contributed by atoms with Crippen molar-refractivity contribution in [2.45, 2.75) is 5.38 Å². The zero-order chi connectivity index (χ0) is 6.15. The lowest BCUT2D eigenvalue weighted by Crippen LogP contribution is -2.48. The Kier molecular flexibility index (Phi) is 1.63. The minimum absolute atomic E-state index is 0.123. The number of hydrogen-bond acceptors (Lipinski definition) is 1. The van der Waals surface area contributed by atoms with Gasteiger partial charge in [-0.15, -0.1) is 11.6 Å². The van der Waals surface area contributed by atoms with E-state index < -0.39 is 5.37 Å². The summed E-state index contributed by atoms with van der Waals surface area (Å²) in [6, 6.07) is 0. The molecule has 0 saturated carbocycles. The third kappa shape index (κ3) is 1.06. The molecule has 0 aromatic rings. The molecule has 1 saturated heterocycles. The van der Waals surface area contributed by atoms with Gasteiger partial charge in [-0.3, -0.25) is 4.79 Å². The highest BCUT2D eigenvalue weighted by atomic mass is 35.5. The molecule has 0 aromatic carbocycles. The molecule has 1 aliphatic heterocycles. The Morgan fingerprint density at radius 3 is 2.25 bits per heavy atom. The SMILES string of the molecule is O=C(Cl)N1CC(Cl)C1. The summed E-state index contributed by atoms with van der Waals surface area (Å²) in [5.41, 5.74) is 0. The summed E-state index contributed by atoms with van der Waals surface area (Å²) in [6.07, 6.45) is 0. The van der Waals surface area contributed by atoms with Crippen LogP contribution in [-0.4, -0.2) is 28.7 Å². The average molecular weight is 154 g/mol. The van der Waals surface area contributed by atoms with E-state index in [1.807, 2.05) is 0 Å². The van der Waals surface area contributed by atoms with Gasteiger partial charge < -0.3 is 4.90 Å². The van der Waals surface area contributed by atoms with Crippen LogP contribution in [0, 0.1) is 0 Å². The molecular formula is C4H5Cl2NO. The average Bonchev–Trinajstić information content (AvgIpc) is 1.57. The van der Waals surface area contributed by atoms with Crippen LogP contribution in [0.3, 0.4) is 0 Å². The van der Waals surface area contributed by atoms with Crippen molar-refractivity contribution in [2.24, 2.45) is 0 Å². The molecule has 1 aliphatic rings. The fraction of sp³-hybridized carbons (Fsp3) is 0.750. The Morgan fingerprint density at radius 2 is 2.12 bits per heavy atom. The van der Waals surface area contributed by atoms with Crippen molar-refractivity contribution in [1.82, 2.24) is 4.90 Å². The molecular weight excluding hydrogens is 149 g/mol. The first-order valence-corrected chi connectivity index (χ1v) is 3.10.